The highest BCUT2D eigenvalue weighted by Crippen LogP contribution is 2.44. The van der Waals surface area contributed by atoms with E-state index in [-0.39, 0.29) is 16.3 Å². The Bertz CT molecular complexity index is 1560. The van der Waals surface area contributed by atoms with Gasteiger partial charge in [0.1, 0.15) is 17.3 Å². The molecule has 1 saturated heterocycles. The van der Waals surface area contributed by atoms with Crippen molar-refractivity contribution in [2.75, 3.05) is 11.5 Å². The van der Waals surface area contributed by atoms with E-state index in [9.17, 15) is 19.1 Å². The third-order valence-electron chi connectivity index (χ3n) is 5.98. The minimum absolute atomic E-state index is 0.128. The Morgan fingerprint density at radius 1 is 1.08 bits per heavy atom. The van der Waals surface area contributed by atoms with Gasteiger partial charge in [-0.05, 0) is 60.5 Å². The highest BCUT2D eigenvalue weighted by Gasteiger charge is 2.48. The van der Waals surface area contributed by atoms with Crippen LogP contribution >= 0.6 is 34.7 Å². The first-order valence-corrected chi connectivity index (χ1v) is 14.0. The van der Waals surface area contributed by atoms with Gasteiger partial charge < -0.3 is 9.84 Å². The number of amides is 1. The normalized spacial score (nSPS) is 16.6. The van der Waals surface area contributed by atoms with Gasteiger partial charge in [0.05, 0.1) is 18.2 Å². The van der Waals surface area contributed by atoms with Crippen molar-refractivity contribution in [2.24, 2.45) is 0 Å². The van der Waals surface area contributed by atoms with Crippen molar-refractivity contribution in [3.05, 3.63) is 106 Å². The third-order valence-corrected chi connectivity index (χ3v) is 8.45. The molecule has 4 aromatic rings. The summed E-state index contributed by atoms with van der Waals surface area (Å²) >= 11 is 8.82. The average molecular weight is 582 g/mol. The number of hydrogen-bond acceptors (Lipinski definition) is 8. The Morgan fingerprint density at radius 3 is 2.49 bits per heavy atom. The number of Topliss-reactive ketones (excluding diaryl/α,β-unsaturated/α-hetero) is 1. The first-order chi connectivity index (χ1) is 18.9. The monoisotopic (exact) mass is 581 g/mol. The molecule has 11 heteroatoms. The molecule has 2 heterocycles. The largest absolute Gasteiger partial charge is 0.507 e. The molecule has 1 N–H and O–H groups in total. The first kappa shape index (κ1) is 26.9. The average Bonchev–Trinajstić information content (AvgIpc) is 3.51. The van der Waals surface area contributed by atoms with Crippen LogP contribution in [-0.4, -0.2) is 33.6 Å². The summed E-state index contributed by atoms with van der Waals surface area (Å²) in [5.41, 5.74) is 1.56. The zero-order valence-electron chi connectivity index (χ0n) is 20.5. The van der Waals surface area contributed by atoms with Crippen LogP contribution in [0, 0.1) is 5.82 Å². The van der Waals surface area contributed by atoms with Gasteiger partial charge in [0.25, 0.3) is 5.78 Å². The fourth-order valence-corrected chi connectivity index (χ4v) is 6.29. The standard InChI is InChI=1S/C28H21ClFN3O4S2/c1-2-37-20-13-9-16(10-14-20)23-22(24(34)17-7-11-19(30)12-8-17)25(35)26(36)33(23)27-31-32-28(39-27)38-15-18-5-3-4-6-21(18)29/h3-14,23,34H,2,15H2,1H3/b24-22-. The summed E-state index contributed by atoms with van der Waals surface area (Å²) < 4.78 is 19.6. The van der Waals surface area contributed by atoms with E-state index in [1.165, 1.54) is 40.9 Å². The number of anilines is 1. The zero-order chi connectivity index (χ0) is 27.5. The summed E-state index contributed by atoms with van der Waals surface area (Å²) in [5, 5.41) is 20.4. The summed E-state index contributed by atoms with van der Waals surface area (Å²) in [7, 11) is 0. The fraction of sp³-hybridized carbons (Fsp3) is 0.143. The second kappa shape index (κ2) is 11.6. The summed E-state index contributed by atoms with van der Waals surface area (Å²) in [6.07, 6.45) is 0. The quantitative estimate of drug-likeness (QED) is 0.0819. The molecule has 1 unspecified atom stereocenters. The molecule has 0 spiro atoms. The van der Waals surface area contributed by atoms with Crippen LogP contribution in [0.15, 0.2) is 82.7 Å². The molecule has 0 bridgehead atoms. The molecular formula is C28H21ClFN3O4S2. The number of benzene rings is 3. The molecule has 1 atom stereocenters. The SMILES string of the molecule is CCOc1ccc(C2/C(=C(/O)c3ccc(F)cc3)C(=O)C(=O)N2c2nnc(SCc3ccccc3Cl)s2)cc1. The van der Waals surface area contributed by atoms with Crippen molar-refractivity contribution in [1.29, 1.82) is 0 Å². The highest BCUT2D eigenvalue weighted by molar-refractivity contribution is 8.00. The Labute approximate surface area is 236 Å². The smallest absolute Gasteiger partial charge is 0.301 e. The number of aromatic nitrogens is 2. The molecule has 7 nitrogen and oxygen atoms in total. The van der Waals surface area contributed by atoms with Crippen LogP contribution in [0.1, 0.15) is 29.7 Å². The van der Waals surface area contributed by atoms with E-state index in [0.29, 0.717) is 33.0 Å². The van der Waals surface area contributed by atoms with Gasteiger partial charge in [-0.15, -0.1) is 10.2 Å². The van der Waals surface area contributed by atoms with Crippen molar-refractivity contribution in [1.82, 2.24) is 10.2 Å². The van der Waals surface area contributed by atoms with E-state index < -0.39 is 29.3 Å². The number of halogens is 2. The maximum atomic E-state index is 13.5. The molecule has 0 aliphatic carbocycles. The zero-order valence-corrected chi connectivity index (χ0v) is 22.9. The minimum Gasteiger partial charge on any atom is -0.507 e. The number of rotatable bonds is 8. The second-order valence-electron chi connectivity index (χ2n) is 8.41. The molecule has 5 rings (SSSR count). The van der Waals surface area contributed by atoms with Gasteiger partial charge in [-0.2, -0.15) is 0 Å². The Balaban J connectivity index is 1.54. The molecule has 1 amide bonds. The van der Waals surface area contributed by atoms with Crippen molar-refractivity contribution in [2.45, 2.75) is 23.1 Å². The Morgan fingerprint density at radius 2 is 1.79 bits per heavy atom. The van der Waals surface area contributed by atoms with E-state index in [1.54, 1.807) is 30.3 Å². The maximum Gasteiger partial charge on any atom is 0.301 e. The predicted octanol–water partition coefficient (Wildman–Crippen LogP) is 6.65. The summed E-state index contributed by atoms with van der Waals surface area (Å²) in [4.78, 5) is 27.9. The molecule has 1 fully saturated rings. The third kappa shape index (κ3) is 5.54. The van der Waals surface area contributed by atoms with Gasteiger partial charge in [-0.1, -0.05) is 65.0 Å². The maximum absolute atomic E-state index is 13.5. The van der Waals surface area contributed by atoms with Crippen LogP contribution in [0.4, 0.5) is 9.52 Å². The van der Waals surface area contributed by atoms with Crippen molar-refractivity contribution >= 4 is 57.3 Å². The highest BCUT2D eigenvalue weighted by atomic mass is 35.5. The molecule has 1 aromatic heterocycles. The molecule has 198 valence electrons. The lowest BCUT2D eigenvalue weighted by Crippen LogP contribution is -2.29. The summed E-state index contributed by atoms with van der Waals surface area (Å²) in [6.45, 7) is 2.34. The van der Waals surface area contributed by atoms with Gasteiger partial charge in [-0.25, -0.2) is 4.39 Å². The molecule has 1 aliphatic rings. The van der Waals surface area contributed by atoms with E-state index in [4.69, 9.17) is 16.3 Å². The van der Waals surface area contributed by atoms with Crippen molar-refractivity contribution in [3.63, 3.8) is 0 Å². The topological polar surface area (TPSA) is 92.6 Å². The van der Waals surface area contributed by atoms with E-state index in [2.05, 4.69) is 10.2 Å². The lowest BCUT2D eigenvalue weighted by molar-refractivity contribution is -0.132. The number of carbonyl (C=O) groups excluding carboxylic acids is 2. The van der Waals surface area contributed by atoms with Crippen molar-refractivity contribution < 1.29 is 23.8 Å². The predicted molar refractivity (Wildman–Crippen MR) is 150 cm³/mol. The van der Waals surface area contributed by atoms with Crippen LogP contribution in [0.25, 0.3) is 5.76 Å². The Hall–Kier alpha value is -3.73. The molecule has 1 aliphatic heterocycles. The van der Waals surface area contributed by atoms with Gasteiger partial charge in [-0.3, -0.25) is 14.5 Å². The molecule has 0 saturated carbocycles. The molecule has 3 aromatic carbocycles. The van der Waals surface area contributed by atoms with Crippen LogP contribution in [0.5, 0.6) is 5.75 Å². The number of ether oxygens (including phenoxy) is 1. The van der Waals surface area contributed by atoms with E-state index >= 15 is 0 Å². The van der Waals surface area contributed by atoms with Crippen LogP contribution in [0.2, 0.25) is 5.02 Å². The van der Waals surface area contributed by atoms with Crippen LogP contribution in [-0.2, 0) is 15.3 Å². The van der Waals surface area contributed by atoms with Crippen LogP contribution in [0.3, 0.4) is 0 Å². The summed E-state index contributed by atoms with van der Waals surface area (Å²) in [5.74, 6) is -1.48. The van der Waals surface area contributed by atoms with Gasteiger partial charge in [0.2, 0.25) is 5.13 Å². The number of ketones is 1. The van der Waals surface area contributed by atoms with Gasteiger partial charge in [0, 0.05) is 16.3 Å². The number of nitrogens with zero attached hydrogens (tertiary/aromatic N) is 3. The van der Waals surface area contributed by atoms with E-state index in [0.717, 1.165) is 16.9 Å². The van der Waals surface area contributed by atoms with E-state index in [1.807, 2.05) is 25.1 Å². The van der Waals surface area contributed by atoms with Crippen LogP contribution < -0.4 is 9.64 Å². The number of aliphatic hydroxyl groups is 1. The number of thioether (sulfide) groups is 1. The number of carbonyl (C=O) groups is 2. The molecular weight excluding hydrogens is 561 g/mol. The van der Waals surface area contributed by atoms with Gasteiger partial charge >= 0.3 is 5.91 Å². The molecule has 0 radical (unpaired) electrons. The van der Waals surface area contributed by atoms with Gasteiger partial charge in [0.15, 0.2) is 4.34 Å². The minimum atomic E-state index is -0.986. The number of hydrogen-bond donors (Lipinski definition) is 1. The Kier molecular flexibility index (Phi) is 7.97. The first-order valence-electron chi connectivity index (χ1n) is 11.9. The second-order valence-corrected chi connectivity index (χ2v) is 11.0. The lowest BCUT2D eigenvalue weighted by Gasteiger charge is -2.22. The molecule has 39 heavy (non-hydrogen) atoms. The van der Waals surface area contributed by atoms with Crippen molar-refractivity contribution in [3.8, 4) is 5.75 Å². The fourth-order valence-electron chi connectivity index (χ4n) is 4.13. The number of aliphatic hydroxyl groups excluding tert-OH is 1. The lowest BCUT2D eigenvalue weighted by atomic mass is 9.95. The summed E-state index contributed by atoms with van der Waals surface area (Å²) in [6, 6.07) is 18.4.